The second-order valence-electron chi connectivity index (χ2n) is 2.82. The molecule has 0 unspecified atom stereocenters. The molecule has 0 aromatic carbocycles. The zero-order valence-corrected chi connectivity index (χ0v) is 7.30. The first-order valence-corrected chi connectivity index (χ1v) is 4.28. The van der Waals surface area contributed by atoms with Gasteiger partial charge in [-0.25, -0.2) is 0 Å². The molecule has 1 aliphatic rings. The maximum atomic E-state index is 11.3. The highest BCUT2D eigenvalue weighted by Crippen LogP contribution is 1.95. The van der Waals surface area contributed by atoms with Gasteiger partial charge in [0.25, 0.3) is 5.91 Å². The van der Waals surface area contributed by atoms with Crippen LogP contribution in [0.15, 0.2) is 0 Å². The fourth-order valence-electron chi connectivity index (χ4n) is 1.20. The number of nitrogens with zero attached hydrogens (tertiary/aromatic N) is 1. The SMILES string of the molecule is CCC(=O)C(=O)N1CCNCC1. The minimum Gasteiger partial charge on any atom is -0.334 e. The molecule has 1 fully saturated rings. The van der Waals surface area contributed by atoms with Crippen LogP contribution < -0.4 is 5.32 Å². The molecule has 4 heteroatoms. The predicted octanol–water partition coefficient (Wildman–Crippen LogP) is -0.603. The molecule has 0 bridgehead atoms. The third-order valence-electron chi connectivity index (χ3n) is 1.96. The predicted molar refractivity (Wildman–Crippen MR) is 44.7 cm³/mol. The first kappa shape index (κ1) is 9.19. The third-order valence-corrected chi connectivity index (χ3v) is 1.96. The van der Waals surface area contributed by atoms with Crippen LogP contribution in [0.3, 0.4) is 0 Å². The van der Waals surface area contributed by atoms with Gasteiger partial charge < -0.3 is 10.2 Å². The number of carbonyl (C=O) groups excluding carboxylic acids is 2. The standard InChI is InChI=1S/C8H14N2O2/c1-2-7(11)8(12)10-5-3-9-4-6-10/h9H,2-6H2,1H3. The molecule has 1 rings (SSSR count). The zero-order valence-electron chi connectivity index (χ0n) is 7.30. The lowest BCUT2D eigenvalue weighted by Gasteiger charge is -2.26. The summed E-state index contributed by atoms with van der Waals surface area (Å²) in [6, 6.07) is 0. The smallest absolute Gasteiger partial charge is 0.290 e. The van der Waals surface area contributed by atoms with Gasteiger partial charge in [0.05, 0.1) is 0 Å². The van der Waals surface area contributed by atoms with E-state index in [0.29, 0.717) is 19.5 Å². The van der Waals surface area contributed by atoms with Gasteiger partial charge >= 0.3 is 0 Å². The molecular weight excluding hydrogens is 156 g/mol. The summed E-state index contributed by atoms with van der Waals surface area (Å²) in [7, 11) is 0. The van der Waals surface area contributed by atoms with E-state index in [9.17, 15) is 9.59 Å². The number of nitrogens with one attached hydrogen (secondary N) is 1. The van der Waals surface area contributed by atoms with Crippen molar-refractivity contribution in [1.29, 1.82) is 0 Å². The zero-order chi connectivity index (χ0) is 8.97. The first-order valence-electron chi connectivity index (χ1n) is 4.28. The van der Waals surface area contributed by atoms with Crippen LogP contribution >= 0.6 is 0 Å². The average molecular weight is 170 g/mol. The molecule has 0 radical (unpaired) electrons. The number of carbonyl (C=O) groups is 2. The lowest BCUT2D eigenvalue weighted by Crippen LogP contribution is -2.48. The van der Waals surface area contributed by atoms with Crippen molar-refractivity contribution in [3.05, 3.63) is 0 Å². The van der Waals surface area contributed by atoms with Gasteiger partial charge in [0.2, 0.25) is 5.78 Å². The van der Waals surface area contributed by atoms with Gasteiger partial charge in [-0.15, -0.1) is 0 Å². The quantitative estimate of drug-likeness (QED) is 0.563. The molecule has 0 spiro atoms. The van der Waals surface area contributed by atoms with Crippen LogP contribution in [0.1, 0.15) is 13.3 Å². The molecule has 1 amide bonds. The normalized spacial score (nSPS) is 17.6. The number of hydrogen-bond acceptors (Lipinski definition) is 3. The van der Waals surface area contributed by atoms with Crippen molar-refractivity contribution in [1.82, 2.24) is 10.2 Å². The molecule has 0 atom stereocenters. The van der Waals surface area contributed by atoms with E-state index < -0.39 is 0 Å². The number of Topliss-reactive ketones (excluding diaryl/α,β-unsaturated/α-hetero) is 1. The third kappa shape index (κ3) is 2.04. The van der Waals surface area contributed by atoms with Gasteiger partial charge in [0.15, 0.2) is 0 Å². The van der Waals surface area contributed by atoms with Crippen molar-refractivity contribution in [3.8, 4) is 0 Å². The van der Waals surface area contributed by atoms with Crippen molar-refractivity contribution >= 4 is 11.7 Å². The van der Waals surface area contributed by atoms with E-state index in [1.807, 2.05) is 0 Å². The Morgan fingerprint density at radius 1 is 1.33 bits per heavy atom. The number of ketones is 1. The number of piperazine rings is 1. The van der Waals surface area contributed by atoms with Crippen LogP contribution in [-0.2, 0) is 9.59 Å². The molecule has 1 saturated heterocycles. The second kappa shape index (κ2) is 4.21. The van der Waals surface area contributed by atoms with Gasteiger partial charge in [0.1, 0.15) is 0 Å². The van der Waals surface area contributed by atoms with Crippen molar-refractivity contribution < 1.29 is 9.59 Å². The maximum absolute atomic E-state index is 11.3. The van der Waals surface area contributed by atoms with Gasteiger partial charge in [0, 0.05) is 32.6 Å². The van der Waals surface area contributed by atoms with Crippen LogP contribution in [0.4, 0.5) is 0 Å². The molecular formula is C8H14N2O2. The highest BCUT2D eigenvalue weighted by atomic mass is 16.2. The lowest BCUT2D eigenvalue weighted by atomic mass is 10.2. The van der Waals surface area contributed by atoms with Crippen LogP contribution in [-0.4, -0.2) is 42.8 Å². The van der Waals surface area contributed by atoms with Gasteiger partial charge in [-0.1, -0.05) is 6.92 Å². The Morgan fingerprint density at radius 3 is 2.42 bits per heavy atom. The molecule has 0 saturated carbocycles. The Balaban J connectivity index is 2.45. The molecule has 68 valence electrons. The highest BCUT2D eigenvalue weighted by molar-refractivity contribution is 6.35. The summed E-state index contributed by atoms with van der Waals surface area (Å²) in [4.78, 5) is 23.9. The first-order chi connectivity index (χ1) is 5.75. The lowest BCUT2D eigenvalue weighted by molar-refractivity contribution is -0.144. The van der Waals surface area contributed by atoms with Crippen LogP contribution in [0.5, 0.6) is 0 Å². The highest BCUT2D eigenvalue weighted by Gasteiger charge is 2.20. The summed E-state index contributed by atoms with van der Waals surface area (Å²) in [6.07, 6.45) is 0.308. The summed E-state index contributed by atoms with van der Waals surface area (Å²) < 4.78 is 0. The van der Waals surface area contributed by atoms with Crippen molar-refractivity contribution in [2.45, 2.75) is 13.3 Å². The fourth-order valence-corrected chi connectivity index (χ4v) is 1.20. The van der Waals surface area contributed by atoms with E-state index in [4.69, 9.17) is 0 Å². The largest absolute Gasteiger partial charge is 0.334 e. The van der Waals surface area contributed by atoms with E-state index in [2.05, 4.69) is 5.32 Å². The Labute approximate surface area is 71.9 Å². The number of amides is 1. The summed E-state index contributed by atoms with van der Waals surface area (Å²) in [5, 5.41) is 3.12. The van der Waals surface area contributed by atoms with Crippen molar-refractivity contribution in [2.75, 3.05) is 26.2 Å². The molecule has 1 aliphatic heterocycles. The van der Waals surface area contributed by atoms with E-state index >= 15 is 0 Å². The Morgan fingerprint density at radius 2 is 1.92 bits per heavy atom. The summed E-state index contributed by atoms with van der Waals surface area (Å²) in [6.45, 7) is 4.61. The van der Waals surface area contributed by atoms with Crippen molar-refractivity contribution in [3.63, 3.8) is 0 Å². The minimum atomic E-state index is -0.320. The molecule has 4 nitrogen and oxygen atoms in total. The van der Waals surface area contributed by atoms with Crippen LogP contribution in [0, 0.1) is 0 Å². The topological polar surface area (TPSA) is 49.4 Å². The summed E-state index contributed by atoms with van der Waals surface area (Å²) in [5.74, 6) is -0.601. The van der Waals surface area contributed by atoms with Crippen LogP contribution in [0.25, 0.3) is 0 Å². The molecule has 1 heterocycles. The van der Waals surface area contributed by atoms with Crippen LogP contribution in [0.2, 0.25) is 0 Å². The fraction of sp³-hybridized carbons (Fsp3) is 0.750. The van der Waals surface area contributed by atoms with E-state index in [1.165, 1.54) is 0 Å². The Kier molecular flexibility index (Phi) is 3.22. The van der Waals surface area contributed by atoms with Gasteiger partial charge in [-0.05, 0) is 0 Å². The van der Waals surface area contributed by atoms with Gasteiger partial charge in [-0.2, -0.15) is 0 Å². The molecule has 0 aliphatic carbocycles. The Bertz CT molecular complexity index is 185. The van der Waals surface area contributed by atoms with E-state index in [-0.39, 0.29) is 11.7 Å². The van der Waals surface area contributed by atoms with E-state index in [1.54, 1.807) is 11.8 Å². The monoisotopic (exact) mass is 170 g/mol. The van der Waals surface area contributed by atoms with E-state index in [0.717, 1.165) is 13.1 Å². The second-order valence-corrected chi connectivity index (χ2v) is 2.82. The van der Waals surface area contributed by atoms with Crippen molar-refractivity contribution in [2.24, 2.45) is 0 Å². The molecule has 0 aromatic rings. The summed E-state index contributed by atoms with van der Waals surface area (Å²) in [5.41, 5.74) is 0. The molecule has 1 N–H and O–H groups in total. The summed E-state index contributed by atoms with van der Waals surface area (Å²) >= 11 is 0. The van der Waals surface area contributed by atoms with Gasteiger partial charge in [-0.3, -0.25) is 9.59 Å². The number of hydrogen-bond donors (Lipinski definition) is 1. The minimum absolute atomic E-state index is 0.281. The molecule has 0 aromatic heterocycles. The molecule has 12 heavy (non-hydrogen) atoms. The Hall–Kier alpha value is -0.900. The number of rotatable bonds is 2. The average Bonchev–Trinajstić information content (AvgIpc) is 2.17. The maximum Gasteiger partial charge on any atom is 0.290 e.